The summed E-state index contributed by atoms with van der Waals surface area (Å²) < 4.78 is 5.49. The van der Waals surface area contributed by atoms with Crippen molar-refractivity contribution in [2.24, 2.45) is 0 Å². The second kappa shape index (κ2) is 7.96. The Labute approximate surface area is 107 Å². The molecule has 0 bridgehead atoms. The van der Waals surface area contributed by atoms with Gasteiger partial charge in [0.25, 0.3) is 0 Å². The van der Waals surface area contributed by atoms with Crippen molar-refractivity contribution in [3.63, 3.8) is 0 Å². The summed E-state index contributed by atoms with van der Waals surface area (Å²) in [6.45, 7) is 2.74. The Morgan fingerprint density at radius 2 is 2.29 bits per heavy atom. The van der Waals surface area contributed by atoms with E-state index in [1.807, 2.05) is 24.3 Å². The normalized spacial score (nSPS) is 10.0. The van der Waals surface area contributed by atoms with Crippen molar-refractivity contribution in [1.29, 1.82) is 0 Å². The van der Waals surface area contributed by atoms with Gasteiger partial charge < -0.3 is 10.1 Å². The number of ether oxygens (including phenoxy) is 1. The van der Waals surface area contributed by atoms with E-state index in [2.05, 4.69) is 12.2 Å². The summed E-state index contributed by atoms with van der Waals surface area (Å²) in [6, 6.07) is 7.41. The van der Waals surface area contributed by atoms with Crippen LogP contribution in [0.1, 0.15) is 26.2 Å². The molecule has 0 fully saturated rings. The topological polar surface area (TPSA) is 38.3 Å². The van der Waals surface area contributed by atoms with Crippen LogP contribution in [0.5, 0.6) is 5.75 Å². The lowest BCUT2D eigenvalue weighted by Gasteiger charge is -2.08. The first-order valence-electron chi connectivity index (χ1n) is 5.85. The Hall–Kier alpha value is -1.22. The summed E-state index contributed by atoms with van der Waals surface area (Å²) in [5, 5.41) is 2.82. The van der Waals surface area contributed by atoms with Gasteiger partial charge in [-0.3, -0.25) is 4.79 Å². The average Bonchev–Trinajstić information content (AvgIpc) is 2.34. The number of carbonyl (C=O) groups is 1. The molecule has 0 saturated carbocycles. The van der Waals surface area contributed by atoms with Crippen LogP contribution in [0.25, 0.3) is 0 Å². The van der Waals surface area contributed by atoms with Crippen molar-refractivity contribution in [2.45, 2.75) is 26.2 Å². The molecular formula is C13H18ClNO2. The lowest BCUT2D eigenvalue weighted by atomic mass is 10.2. The van der Waals surface area contributed by atoms with Crippen LogP contribution in [0.4, 0.5) is 5.69 Å². The first-order chi connectivity index (χ1) is 8.26. The number of rotatable bonds is 7. The number of hydrogen-bond donors (Lipinski definition) is 1. The number of alkyl halides is 1. The largest absolute Gasteiger partial charge is 0.494 e. The molecule has 1 N–H and O–H groups in total. The van der Waals surface area contributed by atoms with Gasteiger partial charge in [-0.15, -0.1) is 11.6 Å². The van der Waals surface area contributed by atoms with Crippen molar-refractivity contribution >= 4 is 23.2 Å². The van der Waals surface area contributed by atoms with E-state index >= 15 is 0 Å². The predicted molar refractivity (Wildman–Crippen MR) is 70.8 cm³/mol. The van der Waals surface area contributed by atoms with E-state index in [0.29, 0.717) is 25.3 Å². The number of halogens is 1. The minimum atomic E-state index is -0.0155. The molecule has 0 aliphatic rings. The van der Waals surface area contributed by atoms with Crippen LogP contribution in [0.15, 0.2) is 24.3 Å². The average molecular weight is 256 g/mol. The first kappa shape index (κ1) is 13.8. The van der Waals surface area contributed by atoms with Crippen LogP contribution < -0.4 is 10.1 Å². The highest BCUT2D eigenvalue weighted by molar-refractivity contribution is 6.18. The zero-order chi connectivity index (χ0) is 12.5. The van der Waals surface area contributed by atoms with E-state index < -0.39 is 0 Å². The molecule has 0 aliphatic heterocycles. The van der Waals surface area contributed by atoms with Gasteiger partial charge in [-0.25, -0.2) is 0 Å². The van der Waals surface area contributed by atoms with E-state index in [4.69, 9.17) is 16.3 Å². The van der Waals surface area contributed by atoms with E-state index in [1.165, 1.54) is 0 Å². The highest BCUT2D eigenvalue weighted by Crippen LogP contribution is 2.17. The molecule has 0 spiro atoms. The molecular weight excluding hydrogens is 238 g/mol. The fourth-order valence-electron chi connectivity index (χ4n) is 1.33. The number of carbonyl (C=O) groups excluding carboxylic acids is 1. The standard InChI is InChI=1S/C13H18ClNO2/c1-2-9-17-12-6-3-5-11(10-12)15-13(16)7-4-8-14/h3,5-6,10H,2,4,7-9H2,1H3,(H,15,16). The number of benzene rings is 1. The van der Waals surface area contributed by atoms with Crippen molar-refractivity contribution in [1.82, 2.24) is 0 Å². The Kier molecular flexibility index (Phi) is 6.48. The maximum absolute atomic E-state index is 11.5. The third kappa shape index (κ3) is 5.59. The van der Waals surface area contributed by atoms with Gasteiger partial charge in [-0.05, 0) is 25.0 Å². The minimum absolute atomic E-state index is 0.0155. The van der Waals surface area contributed by atoms with E-state index in [9.17, 15) is 4.79 Å². The van der Waals surface area contributed by atoms with Crippen molar-refractivity contribution < 1.29 is 9.53 Å². The summed E-state index contributed by atoms with van der Waals surface area (Å²) in [7, 11) is 0. The van der Waals surface area contributed by atoms with Gasteiger partial charge in [0.2, 0.25) is 5.91 Å². The smallest absolute Gasteiger partial charge is 0.224 e. The highest BCUT2D eigenvalue weighted by atomic mass is 35.5. The Bertz CT molecular complexity index is 355. The summed E-state index contributed by atoms with van der Waals surface area (Å²) in [5.41, 5.74) is 0.762. The molecule has 0 saturated heterocycles. The molecule has 1 aromatic rings. The van der Waals surface area contributed by atoms with Crippen LogP contribution in [0, 0.1) is 0 Å². The molecule has 94 valence electrons. The lowest BCUT2D eigenvalue weighted by molar-refractivity contribution is -0.116. The molecule has 4 heteroatoms. The summed E-state index contributed by atoms with van der Waals surface area (Å²) >= 11 is 5.53. The molecule has 0 aromatic heterocycles. The molecule has 0 atom stereocenters. The van der Waals surface area contributed by atoms with Crippen LogP contribution >= 0.6 is 11.6 Å². The van der Waals surface area contributed by atoms with Crippen LogP contribution in [-0.2, 0) is 4.79 Å². The second-order valence-electron chi connectivity index (χ2n) is 3.72. The Morgan fingerprint density at radius 1 is 1.47 bits per heavy atom. The van der Waals surface area contributed by atoms with Gasteiger partial charge in [0.15, 0.2) is 0 Å². The highest BCUT2D eigenvalue weighted by Gasteiger charge is 2.02. The van der Waals surface area contributed by atoms with Crippen molar-refractivity contribution in [2.75, 3.05) is 17.8 Å². The predicted octanol–water partition coefficient (Wildman–Crippen LogP) is 3.43. The molecule has 0 heterocycles. The third-order valence-electron chi connectivity index (χ3n) is 2.13. The molecule has 3 nitrogen and oxygen atoms in total. The number of hydrogen-bond acceptors (Lipinski definition) is 2. The third-order valence-corrected chi connectivity index (χ3v) is 2.40. The molecule has 1 rings (SSSR count). The number of amides is 1. The molecule has 0 unspecified atom stereocenters. The first-order valence-corrected chi connectivity index (χ1v) is 6.38. The molecule has 0 aliphatic carbocycles. The van der Waals surface area contributed by atoms with Crippen molar-refractivity contribution in [3.8, 4) is 5.75 Å². The molecule has 1 aromatic carbocycles. The van der Waals surface area contributed by atoms with E-state index in [-0.39, 0.29) is 5.91 Å². The number of nitrogens with one attached hydrogen (secondary N) is 1. The molecule has 1 amide bonds. The van der Waals surface area contributed by atoms with Gasteiger partial charge in [-0.2, -0.15) is 0 Å². The maximum atomic E-state index is 11.5. The maximum Gasteiger partial charge on any atom is 0.224 e. The zero-order valence-electron chi connectivity index (χ0n) is 10.0. The van der Waals surface area contributed by atoms with Gasteiger partial charge >= 0.3 is 0 Å². The monoisotopic (exact) mass is 255 g/mol. The van der Waals surface area contributed by atoms with E-state index in [0.717, 1.165) is 17.9 Å². The minimum Gasteiger partial charge on any atom is -0.494 e. The fraction of sp³-hybridized carbons (Fsp3) is 0.462. The fourth-order valence-corrected chi connectivity index (χ4v) is 1.47. The summed E-state index contributed by atoms with van der Waals surface area (Å²) in [5.74, 6) is 1.27. The van der Waals surface area contributed by atoms with Crippen molar-refractivity contribution in [3.05, 3.63) is 24.3 Å². The van der Waals surface area contributed by atoms with Crippen LogP contribution in [0.3, 0.4) is 0 Å². The SMILES string of the molecule is CCCOc1cccc(NC(=O)CCCCl)c1. The van der Waals surface area contributed by atoms with Gasteiger partial charge in [0.05, 0.1) is 6.61 Å². The number of anilines is 1. The summed E-state index contributed by atoms with van der Waals surface area (Å²) in [4.78, 5) is 11.5. The Morgan fingerprint density at radius 3 is 3.00 bits per heavy atom. The quantitative estimate of drug-likeness (QED) is 0.758. The Balaban J connectivity index is 2.50. The van der Waals surface area contributed by atoms with Gasteiger partial charge in [-0.1, -0.05) is 13.0 Å². The van der Waals surface area contributed by atoms with Gasteiger partial charge in [0.1, 0.15) is 5.75 Å². The molecule has 0 radical (unpaired) electrons. The zero-order valence-corrected chi connectivity index (χ0v) is 10.8. The molecule has 17 heavy (non-hydrogen) atoms. The lowest BCUT2D eigenvalue weighted by Crippen LogP contribution is -2.11. The van der Waals surface area contributed by atoms with Gasteiger partial charge in [0, 0.05) is 24.1 Å². The van der Waals surface area contributed by atoms with Crippen LogP contribution in [0.2, 0.25) is 0 Å². The summed E-state index contributed by atoms with van der Waals surface area (Å²) in [6.07, 6.45) is 2.11. The second-order valence-corrected chi connectivity index (χ2v) is 4.09. The van der Waals surface area contributed by atoms with E-state index in [1.54, 1.807) is 0 Å². The van der Waals surface area contributed by atoms with Crippen LogP contribution in [-0.4, -0.2) is 18.4 Å².